The number of nitrogens with one attached hydrogen (secondary N) is 1. The molecular weight excluding hydrogens is 280 g/mol. The van der Waals surface area contributed by atoms with Crippen LogP contribution in [0.25, 0.3) is 0 Å². The van der Waals surface area contributed by atoms with Crippen LogP contribution in [0.3, 0.4) is 0 Å². The molecular formula is C17H26N2O3. The molecule has 1 amide bonds. The largest absolute Gasteiger partial charge is 0.493 e. The number of rotatable bonds is 7. The second-order valence-electron chi connectivity index (χ2n) is 5.74. The van der Waals surface area contributed by atoms with Crippen LogP contribution < -0.4 is 10.1 Å². The summed E-state index contributed by atoms with van der Waals surface area (Å²) in [7, 11) is 3.66. The van der Waals surface area contributed by atoms with E-state index in [1.807, 2.05) is 38.2 Å². The summed E-state index contributed by atoms with van der Waals surface area (Å²) in [6.45, 7) is 4.13. The normalized spacial score (nSPS) is 18.5. The van der Waals surface area contributed by atoms with Gasteiger partial charge in [0.1, 0.15) is 5.75 Å². The minimum atomic E-state index is -0.160. The van der Waals surface area contributed by atoms with E-state index in [9.17, 15) is 4.79 Å². The summed E-state index contributed by atoms with van der Waals surface area (Å²) in [6, 6.07) is 7.78. The second-order valence-corrected chi connectivity index (χ2v) is 5.74. The van der Waals surface area contributed by atoms with E-state index in [1.165, 1.54) is 0 Å². The zero-order chi connectivity index (χ0) is 15.9. The van der Waals surface area contributed by atoms with Crippen molar-refractivity contribution in [3.05, 3.63) is 29.8 Å². The molecule has 0 aromatic heterocycles. The highest BCUT2D eigenvalue weighted by molar-refractivity contribution is 5.81. The predicted octanol–water partition coefficient (Wildman–Crippen LogP) is 1.98. The molecule has 2 unspecified atom stereocenters. The van der Waals surface area contributed by atoms with Gasteiger partial charge in [-0.25, -0.2) is 0 Å². The van der Waals surface area contributed by atoms with E-state index in [0.29, 0.717) is 13.2 Å². The van der Waals surface area contributed by atoms with E-state index in [0.717, 1.165) is 30.7 Å². The Labute approximate surface area is 132 Å². The summed E-state index contributed by atoms with van der Waals surface area (Å²) >= 11 is 0. The quantitative estimate of drug-likeness (QED) is 0.783. The first-order valence-electron chi connectivity index (χ1n) is 7.84. The van der Waals surface area contributed by atoms with Gasteiger partial charge in [-0.05, 0) is 26.5 Å². The smallest absolute Gasteiger partial charge is 0.237 e. The number of nitrogens with zero attached hydrogens (tertiary/aromatic N) is 1. The first-order chi connectivity index (χ1) is 10.6. The van der Waals surface area contributed by atoms with Gasteiger partial charge in [0, 0.05) is 32.2 Å². The van der Waals surface area contributed by atoms with Gasteiger partial charge in [-0.2, -0.15) is 0 Å². The van der Waals surface area contributed by atoms with Crippen LogP contribution in [0.2, 0.25) is 0 Å². The van der Waals surface area contributed by atoms with Crippen molar-refractivity contribution in [3.8, 4) is 5.75 Å². The first kappa shape index (κ1) is 16.8. The third kappa shape index (κ3) is 4.21. The number of hydrogen-bond acceptors (Lipinski definition) is 4. The van der Waals surface area contributed by atoms with E-state index in [1.54, 1.807) is 7.11 Å². The van der Waals surface area contributed by atoms with Gasteiger partial charge in [0.05, 0.1) is 18.7 Å². The average molecular weight is 306 g/mol. The number of ether oxygens (including phenoxy) is 2. The summed E-state index contributed by atoms with van der Waals surface area (Å²) in [4.78, 5) is 14.5. The number of para-hydroxylation sites is 1. The lowest BCUT2D eigenvalue weighted by atomic mass is 10.0. The van der Waals surface area contributed by atoms with Gasteiger partial charge in [-0.1, -0.05) is 18.2 Å². The number of fused-ring (bicyclic) bond motifs is 1. The Balaban J connectivity index is 1.92. The lowest BCUT2D eigenvalue weighted by Gasteiger charge is -2.30. The molecule has 0 spiro atoms. The molecule has 5 heteroatoms. The van der Waals surface area contributed by atoms with Gasteiger partial charge in [0.15, 0.2) is 0 Å². The second kappa shape index (κ2) is 8.15. The fraction of sp³-hybridized carbons (Fsp3) is 0.588. The monoisotopic (exact) mass is 306 g/mol. The maximum absolute atomic E-state index is 12.5. The van der Waals surface area contributed by atoms with Crippen LogP contribution in [0.15, 0.2) is 24.3 Å². The Morgan fingerprint density at radius 1 is 1.50 bits per heavy atom. The minimum Gasteiger partial charge on any atom is -0.493 e. The van der Waals surface area contributed by atoms with Gasteiger partial charge in [-0.3, -0.25) is 9.69 Å². The van der Waals surface area contributed by atoms with E-state index in [2.05, 4.69) is 10.2 Å². The lowest BCUT2D eigenvalue weighted by Crippen LogP contribution is -2.45. The Kier molecular flexibility index (Phi) is 6.21. The zero-order valence-corrected chi connectivity index (χ0v) is 13.7. The number of carbonyl (C=O) groups is 1. The van der Waals surface area contributed by atoms with Crippen molar-refractivity contribution >= 4 is 5.91 Å². The van der Waals surface area contributed by atoms with E-state index >= 15 is 0 Å². The molecule has 22 heavy (non-hydrogen) atoms. The molecule has 1 aliphatic rings. The number of hydrogen-bond donors (Lipinski definition) is 1. The van der Waals surface area contributed by atoms with Crippen LogP contribution in [0.1, 0.15) is 31.4 Å². The van der Waals surface area contributed by atoms with Crippen molar-refractivity contribution in [2.24, 2.45) is 0 Å². The number of methoxy groups -OCH3 is 1. The summed E-state index contributed by atoms with van der Waals surface area (Å²) < 4.78 is 10.7. The molecule has 0 fully saturated rings. The van der Waals surface area contributed by atoms with Crippen LogP contribution in [0.4, 0.5) is 0 Å². The lowest BCUT2D eigenvalue weighted by molar-refractivity contribution is -0.126. The van der Waals surface area contributed by atoms with Crippen molar-refractivity contribution in [2.45, 2.75) is 31.8 Å². The Bertz CT molecular complexity index is 493. The van der Waals surface area contributed by atoms with Crippen molar-refractivity contribution in [1.82, 2.24) is 10.2 Å². The van der Waals surface area contributed by atoms with Gasteiger partial charge in [0.25, 0.3) is 0 Å². The molecule has 2 rings (SSSR count). The highest BCUT2D eigenvalue weighted by Gasteiger charge is 2.25. The maximum atomic E-state index is 12.5. The maximum Gasteiger partial charge on any atom is 0.237 e. The number of amides is 1. The van der Waals surface area contributed by atoms with E-state index in [-0.39, 0.29) is 18.0 Å². The molecule has 5 nitrogen and oxygen atoms in total. The molecule has 1 aliphatic heterocycles. The molecule has 0 saturated carbocycles. The van der Waals surface area contributed by atoms with Crippen LogP contribution in [-0.2, 0) is 9.53 Å². The van der Waals surface area contributed by atoms with Crippen LogP contribution in [-0.4, -0.2) is 50.8 Å². The third-order valence-corrected chi connectivity index (χ3v) is 4.17. The van der Waals surface area contributed by atoms with Gasteiger partial charge in [-0.15, -0.1) is 0 Å². The summed E-state index contributed by atoms with van der Waals surface area (Å²) in [5.41, 5.74) is 1.07. The van der Waals surface area contributed by atoms with Gasteiger partial charge < -0.3 is 14.8 Å². The average Bonchev–Trinajstić information content (AvgIpc) is 2.54. The molecule has 1 heterocycles. The number of carbonyl (C=O) groups excluding carboxylic acids is 1. The topological polar surface area (TPSA) is 50.8 Å². The molecule has 1 aromatic rings. The van der Waals surface area contributed by atoms with E-state index in [4.69, 9.17) is 9.47 Å². The third-order valence-electron chi connectivity index (χ3n) is 4.17. The predicted molar refractivity (Wildman–Crippen MR) is 86.0 cm³/mol. The highest BCUT2D eigenvalue weighted by Crippen LogP contribution is 2.31. The zero-order valence-electron chi connectivity index (χ0n) is 13.7. The van der Waals surface area contributed by atoms with E-state index < -0.39 is 0 Å². The number of benzene rings is 1. The molecule has 122 valence electrons. The SMILES string of the molecule is COCCCN(C)C(C)C(=O)NC1CCOc2ccccc21. The molecule has 2 atom stereocenters. The summed E-state index contributed by atoms with van der Waals surface area (Å²) in [5, 5.41) is 3.15. The molecule has 1 N–H and O–H groups in total. The Morgan fingerprint density at radius 2 is 2.27 bits per heavy atom. The fourth-order valence-electron chi connectivity index (χ4n) is 2.64. The Morgan fingerprint density at radius 3 is 3.05 bits per heavy atom. The molecule has 0 radical (unpaired) electrons. The molecule has 0 aliphatic carbocycles. The van der Waals surface area contributed by atoms with Gasteiger partial charge in [0.2, 0.25) is 5.91 Å². The standard InChI is InChI=1S/C17H26N2O3/c1-13(19(2)10-6-11-21-3)17(20)18-15-9-12-22-16-8-5-4-7-14(15)16/h4-5,7-8,13,15H,6,9-12H2,1-3H3,(H,18,20). The molecule has 0 saturated heterocycles. The van der Waals surface area contributed by atoms with Crippen molar-refractivity contribution in [2.75, 3.05) is 33.9 Å². The highest BCUT2D eigenvalue weighted by atomic mass is 16.5. The van der Waals surface area contributed by atoms with Crippen molar-refractivity contribution in [3.63, 3.8) is 0 Å². The Hall–Kier alpha value is -1.59. The molecule has 0 bridgehead atoms. The van der Waals surface area contributed by atoms with Crippen LogP contribution >= 0.6 is 0 Å². The van der Waals surface area contributed by atoms with Crippen LogP contribution in [0, 0.1) is 0 Å². The first-order valence-corrected chi connectivity index (χ1v) is 7.84. The van der Waals surface area contributed by atoms with Gasteiger partial charge >= 0.3 is 0 Å². The van der Waals surface area contributed by atoms with Crippen LogP contribution in [0.5, 0.6) is 5.75 Å². The fourth-order valence-corrected chi connectivity index (χ4v) is 2.64. The number of likely N-dealkylation sites (N-methyl/N-ethyl adjacent to an activating group) is 1. The van der Waals surface area contributed by atoms with Crippen molar-refractivity contribution in [1.29, 1.82) is 0 Å². The summed E-state index contributed by atoms with van der Waals surface area (Å²) in [6.07, 6.45) is 1.73. The minimum absolute atomic E-state index is 0.0345. The summed E-state index contributed by atoms with van der Waals surface area (Å²) in [5.74, 6) is 0.932. The van der Waals surface area contributed by atoms with Crippen molar-refractivity contribution < 1.29 is 14.3 Å². The molecule has 1 aromatic carbocycles.